The van der Waals surface area contributed by atoms with Gasteiger partial charge < -0.3 is 9.80 Å². The molecule has 2 aromatic heterocycles. The van der Waals surface area contributed by atoms with Crippen molar-refractivity contribution in [3.63, 3.8) is 0 Å². The standard InChI is InChI=1S/C21H24N6O/c1-16-4-3-5-18(12-16)13-21(28)26-10-8-25(9-11-26)19-14-20(24-17(2)23-19)27-7-6-22-15-27/h3-7,12,14-15H,8-11,13H2,1-2H3. The summed E-state index contributed by atoms with van der Waals surface area (Å²) in [6.45, 7) is 6.88. The van der Waals surface area contributed by atoms with Crippen LogP contribution in [0.1, 0.15) is 17.0 Å². The number of hydrogen-bond donors (Lipinski definition) is 0. The first kappa shape index (κ1) is 18.2. The van der Waals surface area contributed by atoms with E-state index in [9.17, 15) is 4.79 Å². The van der Waals surface area contributed by atoms with Crippen molar-refractivity contribution in [3.8, 4) is 5.82 Å². The van der Waals surface area contributed by atoms with Crippen molar-refractivity contribution in [2.75, 3.05) is 31.1 Å². The molecular weight excluding hydrogens is 352 g/mol. The largest absolute Gasteiger partial charge is 0.353 e. The van der Waals surface area contributed by atoms with Crippen LogP contribution in [-0.2, 0) is 11.2 Å². The zero-order chi connectivity index (χ0) is 19.5. The number of carbonyl (C=O) groups is 1. The van der Waals surface area contributed by atoms with Crippen molar-refractivity contribution in [1.82, 2.24) is 24.4 Å². The van der Waals surface area contributed by atoms with Gasteiger partial charge in [0.2, 0.25) is 5.91 Å². The van der Waals surface area contributed by atoms with E-state index in [1.54, 1.807) is 12.5 Å². The summed E-state index contributed by atoms with van der Waals surface area (Å²) < 4.78 is 1.87. The molecule has 1 aliphatic heterocycles. The molecule has 1 aliphatic rings. The van der Waals surface area contributed by atoms with Crippen LogP contribution in [-0.4, -0.2) is 56.5 Å². The number of anilines is 1. The van der Waals surface area contributed by atoms with Gasteiger partial charge in [-0.15, -0.1) is 0 Å². The summed E-state index contributed by atoms with van der Waals surface area (Å²) in [5, 5.41) is 0. The van der Waals surface area contributed by atoms with Crippen LogP contribution >= 0.6 is 0 Å². The number of aryl methyl sites for hydroxylation is 2. The highest BCUT2D eigenvalue weighted by molar-refractivity contribution is 5.79. The first-order valence-corrected chi connectivity index (χ1v) is 9.51. The maximum absolute atomic E-state index is 12.7. The molecule has 0 atom stereocenters. The van der Waals surface area contributed by atoms with Gasteiger partial charge >= 0.3 is 0 Å². The number of piperazine rings is 1. The van der Waals surface area contributed by atoms with Crippen LogP contribution in [0, 0.1) is 13.8 Å². The summed E-state index contributed by atoms with van der Waals surface area (Å²) in [5.41, 5.74) is 2.26. The number of carbonyl (C=O) groups excluding carboxylic acids is 1. The third kappa shape index (κ3) is 4.03. The summed E-state index contributed by atoms with van der Waals surface area (Å²) in [4.78, 5) is 30.0. The van der Waals surface area contributed by atoms with Gasteiger partial charge in [0.25, 0.3) is 0 Å². The topological polar surface area (TPSA) is 67.2 Å². The molecule has 0 saturated carbocycles. The maximum Gasteiger partial charge on any atom is 0.227 e. The lowest BCUT2D eigenvalue weighted by atomic mass is 10.1. The van der Waals surface area contributed by atoms with Crippen LogP contribution in [0.3, 0.4) is 0 Å². The quantitative estimate of drug-likeness (QED) is 0.698. The Hall–Kier alpha value is -3.22. The monoisotopic (exact) mass is 376 g/mol. The van der Waals surface area contributed by atoms with Crippen molar-refractivity contribution in [2.45, 2.75) is 20.3 Å². The van der Waals surface area contributed by atoms with Gasteiger partial charge in [0, 0.05) is 44.6 Å². The lowest BCUT2D eigenvalue weighted by Crippen LogP contribution is -2.49. The van der Waals surface area contributed by atoms with Crippen molar-refractivity contribution in [2.24, 2.45) is 0 Å². The fraction of sp³-hybridized carbons (Fsp3) is 0.333. The number of nitrogens with zero attached hydrogens (tertiary/aromatic N) is 6. The number of rotatable bonds is 4. The van der Waals surface area contributed by atoms with Gasteiger partial charge in [-0.05, 0) is 19.4 Å². The van der Waals surface area contributed by atoms with Crippen LogP contribution in [0.25, 0.3) is 5.82 Å². The molecule has 7 heteroatoms. The van der Waals surface area contributed by atoms with E-state index in [0.29, 0.717) is 19.5 Å². The molecule has 0 N–H and O–H groups in total. The molecule has 0 unspecified atom stereocenters. The molecular formula is C21H24N6O. The number of hydrogen-bond acceptors (Lipinski definition) is 5. The molecule has 28 heavy (non-hydrogen) atoms. The molecule has 7 nitrogen and oxygen atoms in total. The Kier molecular flexibility index (Phi) is 5.06. The molecule has 0 radical (unpaired) electrons. The van der Waals surface area contributed by atoms with Crippen LogP contribution in [0.2, 0.25) is 0 Å². The molecule has 144 valence electrons. The molecule has 0 spiro atoms. The predicted octanol–water partition coefficient (Wildman–Crippen LogP) is 2.17. The molecule has 1 saturated heterocycles. The van der Waals surface area contributed by atoms with E-state index in [0.717, 1.165) is 36.1 Å². The van der Waals surface area contributed by atoms with Gasteiger partial charge in [0.1, 0.15) is 23.8 Å². The summed E-state index contributed by atoms with van der Waals surface area (Å²) in [6.07, 6.45) is 5.79. The van der Waals surface area contributed by atoms with Crippen molar-refractivity contribution >= 4 is 11.7 Å². The van der Waals surface area contributed by atoms with E-state index in [2.05, 4.69) is 38.9 Å². The van der Waals surface area contributed by atoms with E-state index in [1.165, 1.54) is 5.56 Å². The van der Waals surface area contributed by atoms with Gasteiger partial charge in [-0.2, -0.15) is 0 Å². The van der Waals surface area contributed by atoms with Gasteiger partial charge in [-0.1, -0.05) is 29.8 Å². The predicted molar refractivity (Wildman–Crippen MR) is 108 cm³/mol. The molecule has 4 rings (SSSR count). The third-order valence-corrected chi connectivity index (χ3v) is 4.97. The SMILES string of the molecule is Cc1cccc(CC(=O)N2CCN(c3cc(-n4ccnc4)nc(C)n3)CC2)c1. The van der Waals surface area contributed by atoms with Crippen LogP contribution in [0.15, 0.2) is 49.1 Å². The highest BCUT2D eigenvalue weighted by atomic mass is 16.2. The Morgan fingerprint density at radius 1 is 1.04 bits per heavy atom. The van der Waals surface area contributed by atoms with E-state index in [4.69, 9.17) is 0 Å². The van der Waals surface area contributed by atoms with Crippen LogP contribution < -0.4 is 4.90 Å². The molecule has 3 aromatic rings. The molecule has 1 aromatic carbocycles. The smallest absolute Gasteiger partial charge is 0.227 e. The first-order valence-electron chi connectivity index (χ1n) is 9.51. The Morgan fingerprint density at radius 3 is 2.54 bits per heavy atom. The Bertz CT molecular complexity index is 961. The maximum atomic E-state index is 12.7. The fourth-order valence-corrected chi connectivity index (χ4v) is 3.52. The minimum atomic E-state index is 0.184. The van der Waals surface area contributed by atoms with Gasteiger partial charge in [0.05, 0.1) is 6.42 Å². The second-order valence-corrected chi connectivity index (χ2v) is 7.14. The second-order valence-electron chi connectivity index (χ2n) is 7.14. The summed E-state index contributed by atoms with van der Waals surface area (Å²) in [6, 6.07) is 10.1. The zero-order valence-corrected chi connectivity index (χ0v) is 16.2. The van der Waals surface area contributed by atoms with Gasteiger partial charge in [-0.25, -0.2) is 15.0 Å². The molecule has 0 aliphatic carbocycles. The highest BCUT2D eigenvalue weighted by Gasteiger charge is 2.22. The average molecular weight is 376 g/mol. The van der Waals surface area contributed by atoms with E-state index < -0.39 is 0 Å². The first-order chi connectivity index (χ1) is 13.6. The van der Waals surface area contributed by atoms with E-state index in [-0.39, 0.29) is 5.91 Å². The number of benzene rings is 1. The number of amides is 1. The summed E-state index contributed by atoms with van der Waals surface area (Å²) in [5.74, 6) is 2.60. The molecule has 0 bridgehead atoms. The molecule has 3 heterocycles. The van der Waals surface area contributed by atoms with Crippen molar-refractivity contribution in [3.05, 3.63) is 66.0 Å². The molecule has 1 amide bonds. The Labute approximate surface area is 164 Å². The Balaban J connectivity index is 1.41. The zero-order valence-electron chi connectivity index (χ0n) is 16.2. The van der Waals surface area contributed by atoms with E-state index >= 15 is 0 Å². The average Bonchev–Trinajstić information content (AvgIpc) is 3.22. The minimum absolute atomic E-state index is 0.184. The van der Waals surface area contributed by atoms with Gasteiger partial charge in [0.15, 0.2) is 0 Å². The van der Waals surface area contributed by atoms with E-state index in [1.807, 2.05) is 40.8 Å². The third-order valence-electron chi connectivity index (χ3n) is 4.97. The Morgan fingerprint density at radius 2 is 1.82 bits per heavy atom. The number of imidazole rings is 1. The van der Waals surface area contributed by atoms with Crippen LogP contribution in [0.4, 0.5) is 5.82 Å². The summed E-state index contributed by atoms with van der Waals surface area (Å²) in [7, 11) is 0. The van der Waals surface area contributed by atoms with Crippen molar-refractivity contribution < 1.29 is 4.79 Å². The highest BCUT2D eigenvalue weighted by Crippen LogP contribution is 2.18. The number of aromatic nitrogens is 4. The fourth-order valence-electron chi connectivity index (χ4n) is 3.52. The van der Waals surface area contributed by atoms with Crippen molar-refractivity contribution in [1.29, 1.82) is 0 Å². The summed E-state index contributed by atoms with van der Waals surface area (Å²) >= 11 is 0. The lowest BCUT2D eigenvalue weighted by molar-refractivity contribution is -0.130. The second kappa shape index (κ2) is 7.80. The van der Waals surface area contributed by atoms with Gasteiger partial charge in [-0.3, -0.25) is 9.36 Å². The lowest BCUT2D eigenvalue weighted by Gasteiger charge is -2.35. The minimum Gasteiger partial charge on any atom is -0.353 e. The normalized spacial score (nSPS) is 14.4. The van der Waals surface area contributed by atoms with Crippen LogP contribution in [0.5, 0.6) is 0 Å². The molecule has 1 fully saturated rings.